The van der Waals surface area contributed by atoms with Gasteiger partial charge in [-0.05, 0) is 37.1 Å². The Kier molecular flexibility index (Phi) is 8.91. The Labute approximate surface area is 151 Å². The van der Waals surface area contributed by atoms with E-state index >= 15 is 0 Å². The minimum atomic E-state index is 0.752. The van der Waals surface area contributed by atoms with E-state index < -0.39 is 0 Å². The topological polar surface area (TPSA) is 48.3 Å². The normalized spacial score (nSPS) is 10.8. The number of benzene rings is 1. The summed E-state index contributed by atoms with van der Waals surface area (Å²) < 4.78 is 13.4. The molecular formula is C20H31N3O2. The van der Waals surface area contributed by atoms with Crippen LogP contribution in [0.1, 0.15) is 44.6 Å². The van der Waals surface area contributed by atoms with Crippen molar-refractivity contribution in [2.24, 2.45) is 0 Å². The molecule has 0 fully saturated rings. The fourth-order valence-corrected chi connectivity index (χ4v) is 2.69. The lowest BCUT2D eigenvalue weighted by Crippen LogP contribution is -2.16. The highest BCUT2D eigenvalue weighted by Gasteiger charge is 2.06. The second kappa shape index (κ2) is 11.5. The Morgan fingerprint density at radius 3 is 2.80 bits per heavy atom. The Balaban J connectivity index is 1.70. The largest absolute Gasteiger partial charge is 0.493 e. The number of nitrogens with one attached hydrogen (secondary N) is 1. The van der Waals surface area contributed by atoms with E-state index in [0.29, 0.717) is 0 Å². The summed E-state index contributed by atoms with van der Waals surface area (Å²) >= 11 is 0. The van der Waals surface area contributed by atoms with Crippen molar-refractivity contribution in [3.63, 3.8) is 0 Å². The number of nitrogens with zero attached hydrogens (tertiary/aromatic N) is 2. The molecule has 0 saturated heterocycles. The fourth-order valence-electron chi connectivity index (χ4n) is 2.69. The molecule has 5 heteroatoms. The molecule has 1 heterocycles. The van der Waals surface area contributed by atoms with E-state index in [1.165, 1.54) is 24.8 Å². The van der Waals surface area contributed by atoms with Crippen molar-refractivity contribution in [2.45, 2.75) is 52.1 Å². The van der Waals surface area contributed by atoms with Crippen LogP contribution in [0.25, 0.3) is 0 Å². The van der Waals surface area contributed by atoms with Crippen LogP contribution in [0.5, 0.6) is 11.5 Å². The van der Waals surface area contributed by atoms with Gasteiger partial charge in [-0.25, -0.2) is 4.98 Å². The predicted octanol–water partition coefficient (Wildman–Crippen LogP) is 4.03. The Hall–Kier alpha value is -2.01. The maximum Gasteiger partial charge on any atom is 0.161 e. The third-order valence-electron chi connectivity index (χ3n) is 4.14. The van der Waals surface area contributed by atoms with Crippen LogP contribution < -0.4 is 14.8 Å². The van der Waals surface area contributed by atoms with Gasteiger partial charge < -0.3 is 19.4 Å². The van der Waals surface area contributed by atoms with Gasteiger partial charge in [0.15, 0.2) is 11.5 Å². The van der Waals surface area contributed by atoms with Crippen molar-refractivity contribution in [3.05, 3.63) is 42.5 Å². The van der Waals surface area contributed by atoms with Gasteiger partial charge in [0.25, 0.3) is 0 Å². The first-order chi connectivity index (χ1) is 12.3. The molecule has 0 radical (unpaired) electrons. The van der Waals surface area contributed by atoms with Gasteiger partial charge in [0.05, 0.1) is 20.0 Å². The van der Waals surface area contributed by atoms with E-state index in [9.17, 15) is 0 Å². The van der Waals surface area contributed by atoms with E-state index in [2.05, 4.69) is 33.9 Å². The Morgan fingerprint density at radius 1 is 1.12 bits per heavy atom. The number of aromatic nitrogens is 2. The van der Waals surface area contributed by atoms with E-state index in [1.807, 2.05) is 24.8 Å². The van der Waals surface area contributed by atoms with Crippen LogP contribution in [0.2, 0.25) is 0 Å². The molecule has 0 amide bonds. The second-order valence-corrected chi connectivity index (χ2v) is 6.23. The summed E-state index contributed by atoms with van der Waals surface area (Å²) in [6, 6.07) is 6.18. The molecule has 0 aliphatic carbocycles. The third-order valence-corrected chi connectivity index (χ3v) is 4.14. The number of hydrogen-bond donors (Lipinski definition) is 1. The predicted molar refractivity (Wildman–Crippen MR) is 101 cm³/mol. The summed E-state index contributed by atoms with van der Waals surface area (Å²) in [4.78, 5) is 4.05. The first-order valence-electron chi connectivity index (χ1n) is 9.29. The first-order valence-corrected chi connectivity index (χ1v) is 9.29. The Morgan fingerprint density at radius 2 is 2.04 bits per heavy atom. The van der Waals surface area contributed by atoms with E-state index in [4.69, 9.17) is 9.47 Å². The molecule has 0 saturated carbocycles. The summed E-state index contributed by atoms with van der Waals surface area (Å²) in [5.74, 6) is 1.65. The van der Waals surface area contributed by atoms with Crippen molar-refractivity contribution in [1.82, 2.24) is 14.9 Å². The summed E-state index contributed by atoms with van der Waals surface area (Å²) in [5, 5.41) is 3.47. The second-order valence-electron chi connectivity index (χ2n) is 6.23. The summed E-state index contributed by atoms with van der Waals surface area (Å²) in [6.07, 6.45) is 11.6. The summed E-state index contributed by atoms with van der Waals surface area (Å²) in [6.45, 7) is 5.75. The lowest BCUT2D eigenvalue weighted by Gasteiger charge is -2.13. The number of methoxy groups -OCH3 is 1. The average molecular weight is 345 g/mol. The zero-order chi connectivity index (χ0) is 17.7. The van der Waals surface area contributed by atoms with E-state index in [1.54, 1.807) is 7.11 Å². The zero-order valence-electron chi connectivity index (χ0n) is 15.5. The lowest BCUT2D eigenvalue weighted by atomic mass is 10.2. The van der Waals surface area contributed by atoms with Crippen LogP contribution in [-0.2, 0) is 13.1 Å². The van der Waals surface area contributed by atoms with Crippen molar-refractivity contribution >= 4 is 0 Å². The van der Waals surface area contributed by atoms with Gasteiger partial charge in [-0.3, -0.25) is 0 Å². The van der Waals surface area contributed by atoms with Gasteiger partial charge in [0, 0.05) is 25.5 Å². The zero-order valence-corrected chi connectivity index (χ0v) is 15.5. The van der Waals surface area contributed by atoms with Gasteiger partial charge in [0.2, 0.25) is 0 Å². The Bertz CT molecular complexity index is 585. The highest BCUT2D eigenvalue weighted by Crippen LogP contribution is 2.28. The molecule has 0 atom stereocenters. The third kappa shape index (κ3) is 7.18. The maximum atomic E-state index is 5.86. The quantitative estimate of drug-likeness (QED) is 0.557. The first kappa shape index (κ1) is 19.3. The van der Waals surface area contributed by atoms with Gasteiger partial charge in [-0.1, -0.05) is 32.3 Å². The molecule has 0 bridgehead atoms. The number of hydrogen-bond acceptors (Lipinski definition) is 4. The summed E-state index contributed by atoms with van der Waals surface area (Å²) in [5.41, 5.74) is 1.21. The van der Waals surface area contributed by atoms with Crippen LogP contribution in [0, 0.1) is 0 Å². The van der Waals surface area contributed by atoms with Crippen LogP contribution in [-0.4, -0.2) is 29.8 Å². The maximum absolute atomic E-state index is 5.86. The van der Waals surface area contributed by atoms with Crippen molar-refractivity contribution in [3.8, 4) is 11.5 Å². The number of rotatable bonds is 13. The van der Waals surface area contributed by atoms with Gasteiger partial charge >= 0.3 is 0 Å². The molecule has 0 spiro atoms. The van der Waals surface area contributed by atoms with Crippen LogP contribution >= 0.6 is 0 Å². The van der Waals surface area contributed by atoms with Crippen molar-refractivity contribution in [1.29, 1.82) is 0 Å². The molecule has 25 heavy (non-hydrogen) atoms. The van der Waals surface area contributed by atoms with E-state index in [-0.39, 0.29) is 0 Å². The molecule has 0 aliphatic heterocycles. The molecule has 138 valence electrons. The SMILES string of the molecule is CCCCCCOc1ccc(CNCCCn2ccnc2)cc1OC. The molecule has 1 aromatic carbocycles. The molecule has 2 aromatic rings. The highest BCUT2D eigenvalue weighted by molar-refractivity contribution is 5.42. The molecule has 0 aliphatic rings. The number of ether oxygens (including phenoxy) is 2. The van der Waals surface area contributed by atoms with Crippen LogP contribution in [0.3, 0.4) is 0 Å². The summed E-state index contributed by atoms with van der Waals surface area (Å²) in [7, 11) is 1.70. The van der Waals surface area contributed by atoms with Crippen LogP contribution in [0.15, 0.2) is 36.9 Å². The highest BCUT2D eigenvalue weighted by atomic mass is 16.5. The lowest BCUT2D eigenvalue weighted by molar-refractivity contribution is 0.285. The van der Waals surface area contributed by atoms with Crippen molar-refractivity contribution in [2.75, 3.05) is 20.3 Å². The molecule has 5 nitrogen and oxygen atoms in total. The van der Waals surface area contributed by atoms with Crippen molar-refractivity contribution < 1.29 is 9.47 Å². The molecular weight excluding hydrogens is 314 g/mol. The van der Waals surface area contributed by atoms with Gasteiger partial charge in [-0.2, -0.15) is 0 Å². The van der Waals surface area contributed by atoms with Gasteiger partial charge in [-0.15, -0.1) is 0 Å². The minimum absolute atomic E-state index is 0.752. The molecule has 2 rings (SSSR count). The molecule has 0 unspecified atom stereocenters. The molecule has 1 aromatic heterocycles. The standard InChI is InChI=1S/C20H31N3O2/c1-3-4-5-6-14-25-19-9-8-18(15-20(19)24-2)16-21-10-7-12-23-13-11-22-17-23/h8-9,11,13,15,17,21H,3-7,10,12,14,16H2,1-2H3. The number of imidazole rings is 1. The molecule has 1 N–H and O–H groups in total. The fraction of sp³-hybridized carbons (Fsp3) is 0.550. The van der Waals surface area contributed by atoms with E-state index in [0.717, 1.165) is 50.6 Å². The smallest absolute Gasteiger partial charge is 0.161 e. The number of unbranched alkanes of at least 4 members (excludes halogenated alkanes) is 3. The average Bonchev–Trinajstić information content (AvgIpc) is 3.15. The van der Waals surface area contributed by atoms with Crippen LogP contribution in [0.4, 0.5) is 0 Å². The minimum Gasteiger partial charge on any atom is -0.493 e. The monoisotopic (exact) mass is 345 g/mol. The number of aryl methyl sites for hydroxylation is 1. The van der Waals surface area contributed by atoms with Gasteiger partial charge in [0.1, 0.15) is 0 Å².